The van der Waals surface area contributed by atoms with Crippen molar-refractivity contribution in [2.75, 3.05) is 13.2 Å². The van der Waals surface area contributed by atoms with Crippen molar-refractivity contribution in [3.05, 3.63) is 36.5 Å². The van der Waals surface area contributed by atoms with Gasteiger partial charge in [-0.1, -0.05) is 115 Å². The van der Waals surface area contributed by atoms with Gasteiger partial charge in [0.25, 0.3) is 0 Å². The molecular weight excluding hydrogens is 528 g/mol. The predicted octanol–water partition coefficient (Wildman–Crippen LogP) is 8.96. The Balaban J connectivity index is 1.92. The second-order valence-corrected chi connectivity index (χ2v) is 11.9. The molecule has 4 atom stereocenters. The fraction of sp³-hybridized carbons (Fsp3) is 0.778. The Kier molecular flexibility index (Phi) is 24.2. The normalized spacial score (nSPS) is 18.2. The summed E-state index contributed by atoms with van der Waals surface area (Å²) in [6, 6.07) is 0. The van der Waals surface area contributed by atoms with Crippen LogP contribution in [0.2, 0.25) is 0 Å². The summed E-state index contributed by atoms with van der Waals surface area (Å²) in [6.07, 6.45) is 32.2. The van der Waals surface area contributed by atoms with Gasteiger partial charge in [0, 0.05) is 12.8 Å². The highest BCUT2D eigenvalue weighted by molar-refractivity contribution is 5.69. The van der Waals surface area contributed by atoms with Crippen LogP contribution in [-0.4, -0.2) is 48.6 Å². The van der Waals surface area contributed by atoms with Crippen molar-refractivity contribution < 1.29 is 28.9 Å². The number of hydrogen-bond acceptors (Lipinski definition) is 6. The van der Waals surface area contributed by atoms with Crippen molar-refractivity contribution in [1.82, 2.24) is 0 Å². The van der Waals surface area contributed by atoms with Crippen LogP contribution >= 0.6 is 0 Å². The van der Waals surface area contributed by atoms with Crippen molar-refractivity contribution in [3.8, 4) is 0 Å². The Morgan fingerprint density at radius 1 is 0.738 bits per heavy atom. The highest BCUT2D eigenvalue weighted by Crippen LogP contribution is 2.30. The smallest absolute Gasteiger partial charge is 0.305 e. The quantitative estimate of drug-likeness (QED) is 0.0424. The number of unbranched alkanes of at least 4 members (excludes halogenated alkanes) is 8. The molecule has 242 valence electrons. The van der Waals surface area contributed by atoms with E-state index >= 15 is 0 Å². The van der Waals surface area contributed by atoms with E-state index in [4.69, 9.17) is 14.2 Å². The zero-order valence-electron chi connectivity index (χ0n) is 27.1. The lowest BCUT2D eigenvalue weighted by Crippen LogP contribution is -2.25. The van der Waals surface area contributed by atoms with Crippen LogP contribution in [0, 0.1) is 5.92 Å². The predicted molar refractivity (Wildman–Crippen MR) is 172 cm³/mol. The maximum absolute atomic E-state index is 12.0. The molecular formula is C36H62O6. The SMILES string of the molecule is CCCCC/C=C\C/C=C\C/C=C\CC1OC1CCCC(=O)OC[C@@H](O)COC(=O)CCCCCCCCC(C)CC. The Morgan fingerprint density at radius 2 is 1.33 bits per heavy atom. The molecule has 1 saturated heterocycles. The molecule has 1 heterocycles. The summed E-state index contributed by atoms with van der Waals surface area (Å²) >= 11 is 0. The molecule has 0 saturated carbocycles. The third-order valence-corrected chi connectivity index (χ3v) is 7.84. The molecule has 42 heavy (non-hydrogen) atoms. The molecule has 1 aliphatic heterocycles. The number of carbonyl (C=O) groups excluding carboxylic acids is 2. The molecule has 0 spiro atoms. The summed E-state index contributed by atoms with van der Waals surface area (Å²) in [6.45, 7) is 6.49. The highest BCUT2D eigenvalue weighted by Gasteiger charge is 2.36. The van der Waals surface area contributed by atoms with Gasteiger partial charge in [0.1, 0.15) is 19.3 Å². The maximum atomic E-state index is 12.0. The average Bonchev–Trinajstić information content (AvgIpc) is 3.74. The number of epoxide rings is 1. The first kappa shape index (κ1) is 38.1. The van der Waals surface area contributed by atoms with Crippen LogP contribution in [-0.2, 0) is 23.8 Å². The molecule has 0 aromatic rings. The molecule has 0 aromatic heterocycles. The number of rotatable bonds is 28. The van der Waals surface area contributed by atoms with Gasteiger partial charge in [-0.2, -0.15) is 0 Å². The zero-order chi connectivity index (χ0) is 30.7. The Labute approximate surface area is 257 Å². The molecule has 6 heteroatoms. The molecule has 1 rings (SSSR count). The van der Waals surface area contributed by atoms with Crippen molar-refractivity contribution >= 4 is 11.9 Å². The van der Waals surface area contributed by atoms with Crippen LogP contribution in [0.15, 0.2) is 36.5 Å². The lowest BCUT2D eigenvalue weighted by Gasteiger charge is -2.12. The van der Waals surface area contributed by atoms with Crippen LogP contribution in [0.25, 0.3) is 0 Å². The largest absolute Gasteiger partial charge is 0.463 e. The molecule has 1 N–H and O–H groups in total. The number of carbonyl (C=O) groups is 2. The Morgan fingerprint density at radius 3 is 2.00 bits per heavy atom. The van der Waals surface area contributed by atoms with Crippen LogP contribution in [0.5, 0.6) is 0 Å². The summed E-state index contributed by atoms with van der Waals surface area (Å²) in [7, 11) is 0. The maximum Gasteiger partial charge on any atom is 0.305 e. The van der Waals surface area contributed by atoms with Crippen LogP contribution < -0.4 is 0 Å². The fourth-order valence-electron chi connectivity index (χ4n) is 4.73. The lowest BCUT2D eigenvalue weighted by atomic mass is 10.00. The van der Waals surface area contributed by atoms with E-state index < -0.39 is 6.10 Å². The highest BCUT2D eigenvalue weighted by atomic mass is 16.6. The van der Waals surface area contributed by atoms with E-state index in [0.717, 1.165) is 50.9 Å². The first-order chi connectivity index (χ1) is 20.5. The minimum absolute atomic E-state index is 0.140. The number of aliphatic hydroxyl groups is 1. The molecule has 1 fully saturated rings. The third-order valence-electron chi connectivity index (χ3n) is 7.84. The van der Waals surface area contributed by atoms with E-state index in [1.165, 1.54) is 57.8 Å². The van der Waals surface area contributed by atoms with Crippen molar-refractivity contribution in [1.29, 1.82) is 0 Å². The van der Waals surface area contributed by atoms with Gasteiger partial charge in [0.15, 0.2) is 0 Å². The number of ether oxygens (including phenoxy) is 3. The van der Waals surface area contributed by atoms with E-state index in [-0.39, 0.29) is 37.4 Å². The molecule has 1 aliphatic rings. The summed E-state index contributed by atoms with van der Waals surface area (Å²) in [5, 5.41) is 9.98. The van der Waals surface area contributed by atoms with Crippen LogP contribution in [0.3, 0.4) is 0 Å². The Bertz CT molecular complexity index is 758. The fourth-order valence-corrected chi connectivity index (χ4v) is 4.73. The van der Waals surface area contributed by atoms with Gasteiger partial charge < -0.3 is 19.3 Å². The van der Waals surface area contributed by atoms with Crippen LogP contribution in [0.1, 0.15) is 143 Å². The topological polar surface area (TPSA) is 85.4 Å². The van der Waals surface area contributed by atoms with Gasteiger partial charge >= 0.3 is 11.9 Å². The average molecular weight is 591 g/mol. The monoisotopic (exact) mass is 590 g/mol. The number of allylic oxidation sites excluding steroid dienone is 5. The minimum atomic E-state index is -0.992. The number of aliphatic hydroxyl groups excluding tert-OH is 1. The van der Waals surface area contributed by atoms with Gasteiger partial charge in [0.05, 0.1) is 12.2 Å². The molecule has 0 amide bonds. The molecule has 0 aromatic carbocycles. The summed E-state index contributed by atoms with van der Waals surface area (Å²) in [5.74, 6) is 0.176. The van der Waals surface area contributed by atoms with E-state index in [1.54, 1.807) is 0 Å². The zero-order valence-corrected chi connectivity index (χ0v) is 27.1. The second-order valence-electron chi connectivity index (χ2n) is 11.9. The van der Waals surface area contributed by atoms with Gasteiger partial charge in [-0.3, -0.25) is 9.59 Å². The lowest BCUT2D eigenvalue weighted by molar-refractivity contribution is -0.152. The molecule has 0 bridgehead atoms. The van der Waals surface area contributed by atoms with Gasteiger partial charge in [0.2, 0.25) is 0 Å². The van der Waals surface area contributed by atoms with Crippen LogP contribution in [0.4, 0.5) is 0 Å². The standard InChI is InChI=1S/C36H62O6/c1-4-6-7-8-9-10-11-12-13-14-18-21-25-33-34(42-33)26-23-28-36(39)41-30-32(37)29-40-35(38)27-22-19-16-15-17-20-24-31(3)5-2/h9-10,12-13,18,21,31-34,37H,4-8,11,14-17,19-20,22-30H2,1-3H3/b10-9-,13-12-,21-18-/t31?,32-,33?,34?/m0/s1. The van der Waals surface area contributed by atoms with E-state index in [2.05, 4.69) is 57.2 Å². The molecule has 6 nitrogen and oxygen atoms in total. The molecule has 0 aliphatic carbocycles. The van der Waals surface area contributed by atoms with E-state index in [9.17, 15) is 14.7 Å². The minimum Gasteiger partial charge on any atom is -0.463 e. The van der Waals surface area contributed by atoms with Gasteiger partial charge in [-0.25, -0.2) is 0 Å². The second kappa shape index (κ2) is 26.7. The first-order valence-corrected chi connectivity index (χ1v) is 17.1. The van der Waals surface area contributed by atoms with Gasteiger partial charge in [-0.15, -0.1) is 0 Å². The van der Waals surface area contributed by atoms with E-state index in [0.29, 0.717) is 19.3 Å². The molecule has 3 unspecified atom stereocenters. The Hall–Kier alpha value is -1.92. The van der Waals surface area contributed by atoms with E-state index in [1.807, 2.05) is 0 Å². The third kappa shape index (κ3) is 23.6. The number of hydrogen-bond donors (Lipinski definition) is 1. The van der Waals surface area contributed by atoms with Crippen molar-refractivity contribution in [3.63, 3.8) is 0 Å². The first-order valence-electron chi connectivity index (χ1n) is 17.1. The van der Waals surface area contributed by atoms with Crippen molar-refractivity contribution in [2.45, 2.75) is 161 Å². The molecule has 0 radical (unpaired) electrons. The summed E-state index contributed by atoms with van der Waals surface area (Å²) < 4.78 is 16.0. The number of esters is 2. The van der Waals surface area contributed by atoms with Crippen molar-refractivity contribution in [2.24, 2.45) is 5.92 Å². The van der Waals surface area contributed by atoms with Gasteiger partial charge in [-0.05, 0) is 57.3 Å². The summed E-state index contributed by atoms with van der Waals surface area (Å²) in [5.41, 5.74) is 0. The summed E-state index contributed by atoms with van der Waals surface area (Å²) in [4.78, 5) is 23.9.